The highest BCUT2D eigenvalue weighted by molar-refractivity contribution is 6.34. The molecule has 4 N–H and O–H groups in total. The molecule has 3 saturated heterocycles. The number of alkyl halides is 3. The minimum Gasteiger partial charge on any atom is -0.453 e. The number of aromatic nitrogens is 3. The molecular weight excluding hydrogens is 901 g/mol. The normalized spacial score (nSPS) is 19.8. The molecule has 0 spiro atoms. The average molecular weight is 955 g/mol. The lowest BCUT2D eigenvalue weighted by molar-refractivity contribution is -0.274. The molecule has 360 valence electrons. The van der Waals surface area contributed by atoms with E-state index in [4.69, 9.17) is 30.8 Å². The maximum absolute atomic E-state index is 14.2. The number of pyridine rings is 1. The summed E-state index contributed by atoms with van der Waals surface area (Å²) in [5, 5.41) is 14.9. The number of anilines is 2. The smallest absolute Gasteiger partial charge is 0.453 e. The van der Waals surface area contributed by atoms with Gasteiger partial charge in [-0.25, -0.2) is 14.8 Å². The van der Waals surface area contributed by atoms with Crippen molar-refractivity contribution in [2.75, 3.05) is 70.4 Å². The lowest BCUT2D eigenvalue weighted by Crippen LogP contribution is -2.56. The number of aliphatic hydroxyl groups excluding tert-OH is 1. The number of nitrogens with zero attached hydrogens (tertiary/aromatic N) is 5. The number of hydrogen-bond donors (Lipinski definition) is 4. The number of H-pyrrole nitrogens is 1. The predicted molar refractivity (Wildman–Crippen MR) is 240 cm³/mol. The number of aliphatic hydroxyl groups is 1. The van der Waals surface area contributed by atoms with Crippen LogP contribution in [0.5, 0.6) is 5.75 Å². The first kappa shape index (κ1) is 49.0. The minimum atomic E-state index is -5.09. The highest BCUT2D eigenvalue weighted by atomic mass is 35.5. The number of carbonyl (C=O) groups is 4. The predicted octanol–water partition coefficient (Wildman–Crippen LogP) is 6.44. The van der Waals surface area contributed by atoms with E-state index < -0.39 is 41.6 Å². The molecule has 4 amide bonds. The van der Waals surface area contributed by atoms with Gasteiger partial charge in [-0.3, -0.25) is 14.4 Å². The fourth-order valence-corrected chi connectivity index (χ4v) is 8.90. The van der Waals surface area contributed by atoms with Crippen molar-refractivity contribution in [1.82, 2.24) is 30.1 Å². The molecule has 3 aliphatic heterocycles. The molecule has 0 bridgehead atoms. The van der Waals surface area contributed by atoms with Gasteiger partial charge in [-0.2, -0.15) is 0 Å². The lowest BCUT2D eigenvalue weighted by atomic mass is 9.90. The first-order chi connectivity index (χ1) is 31.9. The first-order valence-electron chi connectivity index (χ1n) is 21.8. The Labute approximate surface area is 390 Å². The zero-order valence-electron chi connectivity index (χ0n) is 37.7. The molecule has 0 aliphatic carbocycles. The number of amides is 4. The van der Waals surface area contributed by atoms with Crippen molar-refractivity contribution >= 4 is 46.9 Å². The van der Waals surface area contributed by atoms with E-state index in [2.05, 4.69) is 25.3 Å². The van der Waals surface area contributed by atoms with Crippen LogP contribution in [0, 0.1) is 11.3 Å². The van der Waals surface area contributed by atoms with Crippen LogP contribution in [-0.4, -0.2) is 138 Å². The van der Waals surface area contributed by atoms with Gasteiger partial charge in [-0.05, 0) is 63.3 Å². The summed E-state index contributed by atoms with van der Waals surface area (Å²) in [6.45, 7) is 7.54. The van der Waals surface area contributed by atoms with Gasteiger partial charge >= 0.3 is 12.5 Å². The molecule has 21 heteroatoms. The van der Waals surface area contributed by atoms with Crippen LogP contribution in [0.3, 0.4) is 0 Å². The monoisotopic (exact) mass is 954 g/mol. The minimum absolute atomic E-state index is 0.00168. The van der Waals surface area contributed by atoms with Crippen molar-refractivity contribution in [2.45, 2.75) is 70.6 Å². The number of rotatable bonds is 13. The number of nitrogens with one attached hydrogen (secondary N) is 3. The third-order valence-corrected chi connectivity index (χ3v) is 12.8. The molecule has 4 atom stereocenters. The Morgan fingerprint density at radius 3 is 2.36 bits per heavy atom. The number of carbonyl (C=O) groups excluding carboxylic acids is 4. The van der Waals surface area contributed by atoms with Gasteiger partial charge in [0.2, 0.25) is 11.8 Å². The number of aromatic amines is 1. The number of ether oxygens (including phenoxy) is 4. The molecule has 4 aromatic rings. The van der Waals surface area contributed by atoms with Gasteiger partial charge in [0, 0.05) is 88.6 Å². The zero-order chi connectivity index (χ0) is 48.2. The summed E-state index contributed by atoms with van der Waals surface area (Å²) in [4.78, 5) is 70.6. The number of imidazole rings is 1. The molecular formula is C46H54ClF3N8O9. The highest BCUT2D eigenvalue weighted by Crippen LogP contribution is 2.41. The summed E-state index contributed by atoms with van der Waals surface area (Å²) in [5.41, 5.74) is 0.522. The number of likely N-dealkylation sites (tertiary alicyclic amines) is 1. The highest BCUT2D eigenvalue weighted by Gasteiger charge is 2.44. The third-order valence-electron chi connectivity index (χ3n) is 12.5. The standard InChI is InChI=1S/C46H54ClF3N8O9/c1-26-23-56(43(62)45(2,3)25-59)14-15-57(26)38-11-10-30(21-51-38)41(60)54-34-20-37(67-46(48,49)50)32(19-33(34)47)27-6-8-28(9-7-27)35-22-52-40(53-35)36-18-31(64-4)24-58(36)42(61)39(55-44(63)65-5)29-12-16-66-17-13-29/h6-11,19-22,26,29,31,36,39,59H,12-18,23-25H2,1-5H3,(H,52,53)(H,54,60)(H,55,63)/t26?,31-,36-,39-/m0/s1. The third kappa shape index (κ3) is 11.3. The van der Waals surface area contributed by atoms with Crippen molar-refractivity contribution < 1.29 is 56.4 Å². The second-order valence-electron chi connectivity index (χ2n) is 17.5. The molecule has 1 unspecified atom stereocenters. The molecule has 3 aliphatic rings. The summed E-state index contributed by atoms with van der Waals surface area (Å²) >= 11 is 6.61. The number of halogens is 4. The van der Waals surface area contributed by atoms with Crippen LogP contribution in [-0.2, 0) is 23.8 Å². The molecule has 2 aromatic carbocycles. The van der Waals surface area contributed by atoms with Crippen LogP contribution in [0.1, 0.15) is 62.3 Å². The van der Waals surface area contributed by atoms with Gasteiger partial charge in [-0.1, -0.05) is 35.9 Å². The lowest BCUT2D eigenvalue weighted by Gasteiger charge is -2.42. The van der Waals surface area contributed by atoms with E-state index in [1.807, 2.05) is 11.8 Å². The van der Waals surface area contributed by atoms with E-state index in [9.17, 15) is 37.5 Å². The van der Waals surface area contributed by atoms with Crippen LogP contribution >= 0.6 is 11.6 Å². The van der Waals surface area contributed by atoms with Crippen molar-refractivity contribution in [1.29, 1.82) is 0 Å². The number of benzene rings is 2. The second-order valence-corrected chi connectivity index (χ2v) is 17.9. The van der Waals surface area contributed by atoms with Gasteiger partial charge in [0.15, 0.2) is 0 Å². The summed E-state index contributed by atoms with van der Waals surface area (Å²) in [7, 11) is 2.80. The Morgan fingerprint density at radius 2 is 1.73 bits per heavy atom. The topological polar surface area (TPSA) is 201 Å². The Morgan fingerprint density at radius 1 is 1.01 bits per heavy atom. The molecule has 67 heavy (non-hydrogen) atoms. The van der Waals surface area contributed by atoms with Crippen molar-refractivity contribution in [3.8, 4) is 28.1 Å². The summed E-state index contributed by atoms with van der Waals surface area (Å²) in [5.74, 6) is -0.847. The molecule has 5 heterocycles. The van der Waals surface area contributed by atoms with Crippen LogP contribution in [0.4, 0.5) is 29.5 Å². The fourth-order valence-electron chi connectivity index (χ4n) is 8.69. The number of piperazine rings is 1. The van der Waals surface area contributed by atoms with Crippen LogP contribution in [0.15, 0.2) is 60.9 Å². The summed E-state index contributed by atoms with van der Waals surface area (Å²) in [6.07, 6.45) is -1.50. The van der Waals surface area contributed by atoms with Crippen molar-refractivity contribution in [2.24, 2.45) is 11.3 Å². The molecule has 7 rings (SSSR count). The van der Waals surface area contributed by atoms with Crippen LogP contribution in [0.25, 0.3) is 22.4 Å². The van der Waals surface area contributed by atoms with Crippen molar-refractivity contribution in [3.63, 3.8) is 0 Å². The summed E-state index contributed by atoms with van der Waals surface area (Å²) in [6, 6.07) is 10.5. The number of methoxy groups -OCH3 is 2. The quantitative estimate of drug-likeness (QED) is 0.115. The Hall–Kier alpha value is -5.96. The molecule has 17 nitrogen and oxygen atoms in total. The summed E-state index contributed by atoms with van der Waals surface area (Å²) < 4.78 is 62.0. The van der Waals surface area contributed by atoms with Crippen LogP contribution < -0.4 is 20.3 Å². The van der Waals surface area contributed by atoms with Gasteiger partial charge < -0.3 is 54.4 Å². The zero-order valence-corrected chi connectivity index (χ0v) is 38.4. The molecule has 2 aromatic heterocycles. The Kier molecular flexibility index (Phi) is 15.0. The van der Waals surface area contributed by atoms with Gasteiger partial charge in [-0.15, -0.1) is 13.2 Å². The van der Waals surface area contributed by atoms with E-state index in [1.54, 1.807) is 67.3 Å². The SMILES string of the molecule is COC(=O)N[C@H](C(=O)N1C[C@@H](OC)C[C@H]1c1nc(-c2ccc(-c3cc(Cl)c(NC(=O)c4ccc(N5CCN(C(=O)C(C)(C)CO)CC5C)nc4)cc3OC(F)(F)F)cc2)c[nH]1)C1CCOCC1. The molecule has 3 fully saturated rings. The van der Waals surface area contributed by atoms with E-state index in [0.717, 1.165) is 6.07 Å². The van der Waals surface area contributed by atoms with Gasteiger partial charge in [0.25, 0.3) is 5.91 Å². The van der Waals surface area contributed by atoms with E-state index in [1.165, 1.54) is 25.4 Å². The van der Waals surface area contributed by atoms with Crippen molar-refractivity contribution in [3.05, 3.63) is 77.3 Å². The largest absolute Gasteiger partial charge is 0.573 e. The number of hydrogen-bond acceptors (Lipinski definition) is 12. The molecule has 0 saturated carbocycles. The van der Waals surface area contributed by atoms with Gasteiger partial charge in [0.05, 0.1) is 53.2 Å². The Balaban J connectivity index is 1.06. The first-order valence-corrected chi connectivity index (χ1v) is 22.2. The second kappa shape index (κ2) is 20.5. The molecule has 0 radical (unpaired) electrons. The van der Waals surface area contributed by atoms with Gasteiger partial charge in [0.1, 0.15) is 23.4 Å². The van der Waals surface area contributed by atoms with Crippen LogP contribution in [0.2, 0.25) is 5.02 Å². The van der Waals surface area contributed by atoms with E-state index in [-0.39, 0.29) is 64.9 Å². The Bertz CT molecular complexity index is 2410. The fraction of sp³-hybridized carbons (Fsp3) is 0.478. The maximum atomic E-state index is 14.2. The van der Waals surface area contributed by atoms with E-state index in [0.29, 0.717) is 80.6 Å². The number of alkyl carbamates (subject to hydrolysis) is 1. The maximum Gasteiger partial charge on any atom is 0.573 e. The van der Waals surface area contributed by atoms with E-state index >= 15 is 0 Å². The average Bonchev–Trinajstić information content (AvgIpc) is 3.99.